The van der Waals surface area contributed by atoms with Gasteiger partial charge in [0.2, 0.25) is 5.95 Å². The van der Waals surface area contributed by atoms with Gasteiger partial charge in [0.25, 0.3) is 0 Å². The summed E-state index contributed by atoms with van der Waals surface area (Å²) in [6, 6.07) is 5.26. The third kappa shape index (κ3) is 4.31. The molecule has 5 heterocycles. The van der Waals surface area contributed by atoms with E-state index in [1.807, 2.05) is 37.7 Å². The summed E-state index contributed by atoms with van der Waals surface area (Å²) in [5.41, 5.74) is 3.00. The number of pyridine rings is 1. The number of rotatable bonds is 6. The number of imidazole rings is 1. The van der Waals surface area contributed by atoms with Gasteiger partial charge in [-0.05, 0) is 62.9 Å². The maximum atomic E-state index is 15.0. The van der Waals surface area contributed by atoms with Crippen LogP contribution in [0.3, 0.4) is 0 Å². The number of piperidine rings is 1. The molecule has 2 aliphatic heterocycles. The summed E-state index contributed by atoms with van der Waals surface area (Å²) >= 11 is 0. The second-order valence-electron chi connectivity index (χ2n) is 11.1. The maximum absolute atomic E-state index is 15.0. The third-order valence-electron chi connectivity index (χ3n) is 7.96. The number of nitrogens with zero attached hydrogens (tertiary/aromatic N) is 6. The van der Waals surface area contributed by atoms with Gasteiger partial charge in [-0.1, -0.05) is 6.92 Å². The van der Waals surface area contributed by atoms with Crippen LogP contribution in [0.5, 0.6) is 0 Å². The predicted octanol–water partition coefficient (Wildman–Crippen LogP) is 4.98. The summed E-state index contributed by atoms with van der Waals surface area (Å²) in [6.07, 6.45) is 5.95. The minimum atomic E-state index is -0.545. The van der Waals surface area contributed by atoms with Gasteiger partial charge in [-0.15, -0.1) is 0 Å². The van der Waals surface area contributed by atoms with Gasteiger partial charge in [-0.2, -0.15) is 0 Å². The molecule has 2 saturated heterocycles. The monoisotopic (exact) mass is 518 g/mol. The standard InChI is InChI=1S/C28H32F2N8/c1-16(2)38-17(3)35-26-21(29)7-19(8-23(26)38)20-9-25(32-12-22(20)30)36-27-33-10-18(11-34-27)14-37-15-28(4)5-6-31-13-24(28)37/h7-12,16,24,31H,5-6,13-15H2,1-4H3,(H,32,33,34,36). The highest BCUT2D eigenvalue weighted by atomic mass is 19.1. The summed E-state index contributed by atoms with van der Waals surface area (Å²) < 4.78 is 31.8. The van der Waals surface area contributed by atoms with Crippen LogP contribution in [0.15, 0.2) is 36.8 Å². The molecule has 0 aliphatic carbocycles. The van der Waals surface area contributed by atoms with Crippen molar-refractivity contribution in [2.45, 2.75) is 52.7 Å². The molecule has 8 nitrogen and oxygen atoms in total. The average Bonchev–Trinajstić information content (AvgIpc) is 3.22. The Morgan fingerprint density at radius 3 is 2.63 bits per heavy atom. The molecule has 3 aromatic heterocycles. The van der Waals surface area contributed by atoms with Crippen LogP contribution in [0.4, 0.5) is 20.5 Å². The second kappa shape index (κ2) is 9.36. The van der Waals surface area contributed by atoms with Crippen molar-refractivity contribution in [1.29, 1.82) is 0 Å². The molecular weight excluding hydrogens is 486 g/mol. The Hall–Kier alpha value is -3.50. The van der Waals surface area contributed by atoms with Crippen LogP contribution in [0, 0.1) is 24.0 Å². The third-order valence-corrected chi connectivity index (χ3v) is 7.96. The first-order chi connectivity index (χ1) is 18.2. The minimum Gasteiger partial charge on any atom is -0.326 e. The summed E-state index contributed by atoms with van der Waals surface area (Å²) in [4.78, 5) is 19.9. The fourth-order valence-electron chi connectivity index (χ4n) is 6.06. The first-order valence-electron chi connectivity index (χ1n) is 13.1. The summed E-state index contributed by atoms with van der Waals surface area (Å²) in [5, 5.41) is 6.54. The number of aryl methyl sites for hydroxylation is 1. The Morgan fingerprint density at radius 1 is 1.11 bits per heavy atom. The molecular formula is C28H32F2N8. The number of benzene rings is 1. The molecule has 0 radical (unpaired) electrons. The van der Waals surface area contributed by atoms with E-state index in [1.165, 1.54) is 12.5 Å². The van der Waals surface area contributed by atoms with Gasteiger partial charge in [0, 0.05) is 55.2 Å². The molecule has 198 valence electrons. The molecule has 0 bridgehead atoms. The number of nitrogens with one attached hydrogen (secondary N) is 2. The topological polar surface area (TPSA) is 83.8 Å². The van der Waals surface area contributed by atoms with Crippen molar-refractivity contribution in [3.8, 4) is 11.1 Å². The first kappa shape index (κ1) is 24.8. The van der Waals surface area contributed by atoms with Gasteiger partial charge in [0.05, 0.1) is 11.7 Å². The Bertz CT molecular complexity index is 1500. The first-order valence-corrected chi connectivity index (χ1v) is 13.1. The van der Waals surface area contributed by atoms with Crippen LogP contribution in [0.25, 0.3) is 22.2 Å². The fraction of sp³-hybridized carbons (Fsp3) is 0.429. The lowest BCUT2D eigenvalue weighted by Gasteiger charge is -2.58. The molecule has 38 heavy (non-hydrogen) atoms. The van der Waals surface area contributed by atoms with Crippen molar-refractivity contribution < 1.29 is 8.78 Å². The largest absolute Gasteiger partial charge is 0.326 e. The quantitative estimate of drug-likeness (QED) is 0.372. The molecule has 0 amide bonds. The van der Waals surface area contributed by atoms with Crippen LogP contribution in [-0.2, 0) is 6.54 Å². The molecule has 4 aromatic rings. The van der Waals surface area contributed by atoms with Gasteiger partial charge in [0.15, 0.2) is 5.82 Å². The van der Waals surface area contributed by atoms with E-state index >= 15 is 0 Å². The highest BCUT2D eigenvalue weighted by Gasteiger charge is 2.49. The lowest BCUT2D eigenvalue weighted by molar-refractivity contribution is -0.0862. The molecule has 6 rings (SSSR count). The number of fused-ring (bicyclic) bond motifs is 2. The van der Waals surface area contributed by atoms with Crippen molar-refractivity contribution in [2.24, 2.45) is 5.41 Å². The number of likely N-dealkylation sites (tertiary alicyclic amines) is 1. The van der Waals surface area contributed by atoms with E-state index in [4.69, 9.17) is 0 Å². The van der Waals surface area contributed by atoms with Crippen molar-refractivity contribution >= 4 is 22.8 Å². The van der Waals surface area contributed by atoms with E-state index in [1.54, 1.807) is 12.1 Å². The van der Waals surface area contributed by atoms with Crippen LogP contribution < -0.4 is 10.6 Å². The van der Waals surface area contributed by atoms with Gasteiger partial charge < -0.3 is 15.2 Å². The number of aromatic nitrogens is 5. The van der Waals surface area contributed by atoms with Gasteiger partial charge >= 0.3 is 0 Å². The summed E-state index contributed by atoms with van der Waals surface area (Å²) in [6.45, 7) is 12.2. The van der Waals surface area contributed by atoms with E-state index in [0.717, 1.165) is 37.9 Å². The van der Waals surface area contributed by atoms with Gasteiger partial charge in [0.1, 0.15) is 23.0 Å². The molecule has 0 spiro atoms. The minimum absolute atomic E-state index is 0.0826. The number of anilines is 2. The Labute approximate surface area is 220 Å². The van der Waals surface area contributed by atoms with Crippen molar-refractivity contribution in [3.05, 3.63) is 59.8 Å². The number of halogens is 2. The molecule has 2 unspecified atom stereocenters. The molecule has 2 atom stereocenters. The van der Waals surface area contributed by atoms with E-state index < -0.39 is 11.6 Å². The molecule has 1 aromatic carbocycles. The van der Waals surface area contributed by atoms with E-state index in [2.05, 4.69) is 42.4 Å². The molecule has 0 saturated carbocycles. The van der Waals surface area contributed by atoms with Crippen LogP contribution in [0.2, 0.25) is 0 Å². The highest BCUT2D eigenvalue weighted by Crippen LogP contribution is 2.42. The smallest absolute Gasteiger partial charge is 0.228 e. The van der Waals surface area contributed by atoms with Crippen molar-refractivity contribution in [1.82, 2.24) is 34.7 Å². The van der Waals surface area contributed by atoms with Crippen molar-refractivity contribution in [3.63, 3.8) is 0 Å². The predicted molar refractivity (Wildman–Crippen MR) is 143 cm³/mol. The van der Waals surface area contributed by atoms with E-state index in [9.17, 15) is 8.78 Å². The van der Waals surface area contributed by atoms with Crippen LogP contribution in [0.1, 0.15) is 44.6 Å². The SMILES string of the molecule is Cc1nc2c(F)cc(-c3cc(Nc4ncc(CN5CC6(C)CCNCC56)cn4)ncc3F)cc2n1C(C)C. The lowest BCUT2D eigenvalue weighted by Crippen LogP contribution is -2.69. The van der Waals surface area contributed by atoms with Gasteiger partial charge in [-0.25, -0.2) is 28.7 Å². The van der Waals surface area contributed by atoms with Crippen LogP contribution in [-0.4, -0.2) is 55.1 Å². The second-order valence-corrected chi connectivity index (χ2v) is 11.1. The lowest BCUT2D eigenvalue weighted by atomic mass is 9.69. The summed E-state index contributed by atoms with van der Waals surface area (Å²) in [5.74, 6) is 0.410. The number of hydrogen-bond donors (Lipinski definition) is 2. The normalized spacial score (nSPS) is 21.5. The Morgan fingerprint density at radius 2 is 1.89 bits per heavy atom. The number of hydrogen-bond acceptors (Lipinski definition) is 7. The van der Waals surface area contributed by atoms with E-state index in [-0.39, 0.29) is 17.1 Å². The van der Waals surface area contributed by atoms with Gasteiger partial charge in [-0.3, -0.25) is 4.90 Å². The highest BCUT2D eigenvalue weighted by molar-refractivity contribution is 5.84. The Kier molecular flexibility index (Phi) is 6.11. The fourth-order valence-corrected chi connectivity index (χ4v) is 6.06. The zero-order valence-corrected chi connectivity index (χ0v) is 22.1. The van der Waals surface area contributed by atoms with E-state index in [0.29, 0.717) is 40.1 Å². The zero-order chi connectivity index (χ0) is 26.6. The summed E-state index contributed by atoms with van der Waals surface area (Å²) in [7, 11) is 0. The average molecular weight is 519 g/mol. The molecule has 2 aliphatic rings. The Balaban J connectivity index is 1.21. The maximum Gasteiger partial charge on any atom is 0.228 e. The molecule has 2 N–H and O–H groups in total. The zero-order valence-electron chi connectivity index (χ0n) is 22.1. The molecule has 10 heteroatoms. The van der Waals surface area contributed by atoms with Crippen molar-refractivity contribution in [2.75, 3.05) is 25.0 Å². The molecule has 2 fully saturated rings. The van der Waals surface area contributed by atoms with Crippen LogP contribution >= 0.6 is 0 Å².